The number of benzene rings is 2. The number of nitrogens with one attached hydrogen (secondary N) is 1. The zero-order valence-corrected chi connectivity index (χ0v) is 17.3. The van der Waals surface area contributed by atoms with E-state index in [1.54, 1.807) is 0 Å². The van der Waals surface area contributed by atoms with Gasteiger partial charge in [-0.15, -0.1) is 0 Å². The van der Waals surface area contributed by atoms with Crippen molar-refractivity contribution < 1.29 is 14.3 Å². The highest BCUT2D eigenvalue weighted by Crippen LogP contribution is 2.33. The van der Waals surface area contributed by atoms with Crippen molar-refractivity contribution in [2.75, 3.05) is 26.9 Å². The van der Waals surface area contributed by atoms with Crippen LogP contribution in [0.5, 0.6) is 11.5 Å². The molecule has 2 aliphatic heterocycles. The fourth-order valence-electron chi connectivity index (χ4n) is 4.53. The normalized spacial score (nSPS) is 18.5. The minimum atomic E-state index is 0.253. The summed E-state index contributed by atoms with van der Waals surface area (Å²) in [5.74, 6) is 1.87. The molecule has 30 heavy (non-hydrogen) atoms. The molecule has 1 fully saturated rings. The van der Waals surface area contributed by atoms with Crippen molar-refractivity contribution in [2.45, 2.75) is 31.8 Å². The minimum absolute atomic E-state index is 0.253. The van der Waals surface area contributed by atoms with Crippen LogP contribution in [-0.2, 0) is 17.8 Å². The Labute approximate surface area is 176 Å². The van der Waals surface area contributed by atoms with E-state index in [2.05, 4.69) is 47.4 Å². The first-order valence-corrected chi connectivity index (χ1v) is 10.6. The van der Waals surface area contributed by atoms with Gasteiger partial charge in [-0.3, -0.25) is 9.69 Å². The van der Waals surface area contributed by atoms with Crippen molar-refractivity contribution in [3.05, 3.63) is 59.8 Å². The van der Waals surface area contributed by atoms with Gasteiger partial charge in [-0.25, -0.2) is 0 Å². The average Bonchev–Trinajstić information content (AvgIpc) is 3.39. The molecule has 1 saturated heterocycles. The van der Waals surface area contributed by atoms with Crippen LogP contribution < -0.4 is 9.47 Å². The maximum Gasteiger partial charge on any atom is 0.231 e. The number of piperidine rings is 1. The minimum Gasteiger partial charge on any atom is -0.454 e. The number of carbonyl (C=O) groups excluding carboxylic acids is 1. The molecule has 0 aliphatic carbocycles. The van der Waals surface area contributed by atoms with Crippen LogP contribution in [0.2, 0.25) is 0 Å². The molecule has 5 rings (SSSR count). The standard InChI is InChI=1S/C24H27N3O3/c1-26(15-17-6-7-22-23(12-17)30-16-29-22)19-9-11-27(24(28)13-19)10-8-18-14-25-21-5-3-2-4-20(18)21/h2-7,12,14,19,25H,8-11,13,15-16H2,1H3. The number of hydrogen-bond acceptors (Lipinski definition) is 4. The van der Waals surface area contributed by atoms with Crippen molar-refractivity contribution in [1.29, 1.82) is 0 Å². The first-order chi connectivity index (χ1) is 14.7. The first-order valence-electron chi connectivity index (χ1n) is 10.6. The molecule has 6 nitrogen and oxygen atoms in total. The number of aromatic amines is 1. The molecule has 3 aromatic rings. The Bertz CT molecular complexity index is 1060. The second-order valence-electron chi connectivity index (χ2n) is 8.24. The summed E-state index contributed by atoms with van der Waals surface area (Å²) in [7, 11) is 2.10. The van der Waals surface area contributed by atoms with Crippen LogP contribution in [0.4, 0.5) is 0 Å². The van der Waals surface area contributed by atoms with Crippen LogP contribution in [0.1, 0.15) is 24.0 Å². The van der Waals surface area contributed by atoms with E-state index in [9.17, 15) is 4.79 Å². The second kappa shape index (κ2) is 8.03. The molecule has 156 valence electrons. The Morgan fingerprint density at radius 1 is 1.17 bits per heavy atom. The number of rotatable bonds is 6. The molecule has 0 spiro atoms. The van der Waals surface area contributed by atoms with Crippen LogP contribution >= 0.6 is 0 Å². The average molecular weight is 405 g/mol. The summed E-state index contributed by atoms with van der Waals surface area (Å²) in [6, 6.07) is 14.7. The van der Waals surface area contributed by atoms with Gasteiger partial charge in [0.25, 0.3) is 0 Å². The molecular weight excluding hydrogens is 378 g/mol. The van der Waals surface area contributed by atoms with Gasteiger partial charge in [0.1, 0.15) is 0 Å². The van der Waals surface area contributed by atoms with Gasteiger partial charge in [0.05, 0.1) is 0 Å². The summed E-state index contributed by atoms with van der Waals surface area (Å²) in [6.45, 7) is 2.68. The van der Waals surface area contributed by atoms with E-state index in [4.69, 9.17) is 9.47 Å². The summed E-state index contributed by atoms with van der Waals surface area (Å²) in [5, 5.41) is 1.25. The molecular formula is C24H27N3O3. The Hall–Kier alpha value is -2.99. The van der Waals surface area contributed by atoms with E-state index in [0.29, 0.717) is 13.2 Å². The fraction of sp³-hybridized carbons (Fsp3) is 0.375. The van der Waals surface area contributed by atoms with Crippen molar-refractivity contribution >= 4 is 16.8 Å². The summed E-state index contributed by atoms with van der Waals surface area (Å²) in [5.41, 5.74) is 3.61. The second-order valence-corrected chi connectivity index (χ2v) is 8.24. The Balaban J connectivity index is 1.16. The van der Waals surface area contributed by atoms with E-state index in [1.807, 2.05) is 23.1 Å². The highest BCUT2D eigenvalue weighted by atomic mass is 16.7. The van der Waals surface area contributed by atoms with E-state index in [-0.39, 0.29) is 11.9 Å². The summed E-state index contributed by atoms with van der Waals surface area (Å²) in [4.78, 5) is 20.4. The number of para-hydroxylation sites is 1. The maximum absolute atomic E-state index is 12.8. The van der Waals surface area contributed by atoms with Gasteiger partial charge >= 0.3 is 0 Å². The van der Waals surface area contributed by atoms with Crippen molar-refractivity contribution in [2.24, 2.45) is 0 Å². The SMILES string of the molecule is CN(Cc1ccc2c(c1)OCO2)C1CCN(CCc2c[nH]c3ccccc23)C(=O)C1. The molecule has 2 aromatic carbocycles. The molecule has 1 N–H and O–H groups in total. The highest BCUT2D eigenvalue weighted by molar-refractivity contribution is 5.83. The van der Waals surface area contributed by atoms with E-state index < -0.39 is 0 Å². The lowest BCUT2D eigenvalue weighted by atomic mass is 10.0. The number of hydrogen-bond donors (Lipinski definition) is 1. The molecule has 1 amide bonds. The first kappa shape index (κ1) is 19.0. The van der Waals surface area contributed by atoms with Gasteiger partial charge < -0.3 is 19.4 Å². The smallest absolute Gasteiger partial charge is 0.231 e. The van der Waals surface area contributed by atoms with Crippen LogP contribution in [0.15, 0.2) is 48.7 Å². The molecule has 1 aromatic heterocycles. The van der Waals surface area contributed by atoms with E-state index in [1.165, 1.54) is 16.5 Å². The van der Waals surface area contributed by atoms with Gasteiger partial charge in [-0.2, -0.15) is 0 Å². The fourth-order valence-corrected chi connectivity index (χ4v) is 4.53. The molecule has 1 atom stereocenters. The number of amides is 1. The highest BCUT2D eigenvalue weighted by Gasteiger charge is 2.28. The molecule has 0 radical (unpaired) electrons. The molecule has 6 heteroatoms. The van der Waals surface area contributed by atoms with E-state index in [0.717, 1.165) is 49.5 Å². The summed E-state index contributed by atoms with van der Waals surface area (Å²) in [6.07, 6.45) is 4.53. The summed E-state index contributed by atoms with van der Waals surface area (Å²) < 4.78 is 10.9. The quantitative estimate of drug-likeness (QED) is 0.681. The third kappa shape index (κ3) is 3.75. The van der Waals surface area contributed by atoms with Gasteiger partial charge in [0, 0.05) is 49.2 Å². The van der Waals surface area contributed by atoms with Crippen molar-refractivity contribution in [3.63, 3.8) is 0 Å². The number of aromatic nitrogens is 1. The summed E-state index contributed by atoms with van der Waals surface area (Å²) >= 11 is 0. The van der Waals surface area contributed by atoms with Gasteiger partial charge in [-0.05, 0) is 49.2 Å². The van der Waals surface area contributed by atoms with Crippen LogP contribution in [0.3, 0.4) is 0 Å². The Morgan fingerprint density at radius 3 is 2.93 bits per heavy atom. The molecule has 0 bridgehead atoms. The van der Waals surface area contributed by atoms with Gasteiger partial charge in [0.15, 0.2) is 11.5 Å². The lowest BCUT2D eigenvalue weighted by molar-refractivity contribution is -0.135. The molecule has 0 saturated carbocycles. The number of carbonyl (C=O) groups is 1. The molecule has 2 aliphatic rings. The largest absolute Gasteiger partial charge is 0.454 e. The zero-order valence-electron chi connectivity index (χ0n) is 17.3. The van der Waals surface area contributed by atoms with Crippen LogP contribution in [0.25, 0.3) is 10.9 Å². The Kier molecular flexibility index (Phi) is 5.09. The predicted octanol–water partition coefficient (Wildman–Crippen LogP) is 3.56. The topological polar surface area (TPSA) is 57.8 Å². The van der Waals surface area contributed by atoms with Crippen molar-refractivity contribution in [1.82, 2.24) is 14.8 Å². The van der Waals surface area contributed by atoms with Crippen molar-refractivity contribution in [3.8, 4) is 11.5 Å². The van der Waals surface area contributed by atoms with Crippen LogP contribution in [-0.4, -0.2) is 53.7 Å². The number of nitrogens with zero attached hydrogens (tertiary/aromatic N) is 2. The third-order valence-electron chi connectivity index (χ3n) is 6.31. The van der Waals surface area contributed by atoms with Gasteiger partial charge in [-0.1, -0.05) is 24.3 Å². The number of ether oxygens (including phenoxy) is 2. The lowest BCUT2D eigenvalue weighted by Crippen LogP contribution is -2.46. The zero-order chi connectivity index (χ0) is 20.5. The monoisotopic (exact) mass is 405 g/mol. The number of H-pyrrole nitrogens is 1. The predicted molar refractivity (Wildman–Crippen MR) is 116 cm³/mol. The molecule has 3 heterocycles. The number of likely N-dealkylation sites (tertiary alicyclic amines) is 1. The third-order valence-corrected chi connectivity index (χ3v) is 6.31. The number of fused-ring (bicyclic) bond motifs is 2. The Morgan fingerprint density at radius 2 is 2.03 bits per heavy atom. The maximum atomic E-state index is 12.8. The molecule has 1 unspecified atom stereocenters. The van der Waals surface area contributed by atoms with Crippen LogP contribution in [0, 0.1) is 0 Å². The van der Waals surface area contributed by atoms with E-state index >= 15 is 0 Å². The van der Waals surface area contributed by atoms with Gasteiger partial charge in [0.2, 0.25) is 12.7 Å². The lowest BCUT2D eigenvalue weighted by Gasteiger charge is -2.36.